The number of amidine groups is 1. The number of anilines is 2. The van der Waals surface area contributed by atoms with Gasteiger partial charge in [-0.15, -0.1) is 0 Å². The molecule has 2 heterocycles. The Morgan fingerprint density at radius 3 is 2.72 bits per heavy atom. The van der Waals surface area contributed by atoms with E-state index >= 15 is 0 Å². The van der Waals surface area contributed by atoms with Crippen LogP contribution in [-0.2, 0) is 16.5 Å². The number of rotatable bonds is 5. The van der Waals surface area contributed by atoms with E-state index in [1.165, 1.54) is 52.9 Å². The molecule has 1 unspecified atom stereocenters. The van der Waals surface area contributed by atoms with Crippen LogP contribution in [0.15, 0.2) is 47.1 Å². The van der Waals surface area contributed by atoms with Crippen molar-refractivity contribution in [1.29, 1.82) is 0 Å². The number of nitrogens with two attached hydrogens (primary N) is 1. The van der Waals surface area contributed by atoms with Crippen molar-refractivity contribution in [3.63, 3.8) is 0 Å². The van der Waals surface area contributed by atoms with Crippen LogP contribution in [0.2, 0.25) is 0 Å². The molecule has 3 N–H and O–H groups in total. The molecular weight excluding hydrogens is 415 g/mol. The summed E-state index contributed by atoms with van der Waals surface area (Å²) >= 11 is 1.26. The Kier molecular flexibility index (Phi) is 5.99. The standard InChI is InChI=1S/C18H19FN6O2S2/c1-18(6-7-28-17(20)24-18)12-8-11(4-5-13(12)19)23-16(26)14-9-22-15(10-21-14)25(2)29(3)27/h4-10H,1-3H3,(H2,20,24)(H,23,26)/t18-,29?/m0/s1. The topological polar surface area (TPSA) is 114 Å². The van der Waals surface area contributed by atoms with Crippen LogP contribution in [0.3, 0.4) is 0 Å². The molecule has 0 bridgehead atoms. The van der Waals surface area contributed by atoms with Gasteiger partial charge in [-0.05, 0) is 36.6 Å². The minimum absolute atomic E-state index is 0.0670. The predicted octanol–water partition coefficient (Wildman–Crippen LogP) is 2.39. The Morgan fingerprint density at radius 2 is 2.10 bits per heavy atom. The van der Waals surface area contributed by atoms with Gasteiger partial charge in [0.15, 0.2) is 11.0 Å². The molecule has 152 valence electrons. The number of thioether (sulfide) groups is 1. The summed E-state index contributed by atoms with van der Waals surface area (Å²) in [5.74, 6) is -0.597. The van der Waals surface area contributed by atoms with Gasteiger partial charge in [-0.3, -0.25) is 9.10 Å². The van der Waals surface area contributed by atoms with Crippen LogP contribution in [0.4, 0.5) is 15.9 Å². The molecule has 0 fully saturated rings. The lowest BCUT2D eigenvalue weighted by Gasteiger charge is -2.26. The van der Waals surface area contributed by atoms with Crippen LogP contribution in [0.25, 0.3) is 0 Å². The van der Waals surface area contributed by atoms with Crippen LogP contribution in [-0.4, -0.2) is 38.6 Å². The van der Waals surface area contributed by atoms with Crippen LogP contribution < -0.4 is 15.4 Å². The Labute approximate surface area is 174 Å². The predicted molar refractivity (Wildman–Crippen MR) is 115 cm³/mol. The highest BCUT2D eigenvalue weighted by Crippen LogP contribution is 2.35. The van der Waals surface area contributed by atoms with Crippen molar-refractivity contribution >= 4 is 45.3 Å². The Hall–Kier alpha value is -2.79. The molecule has 0 spiro atoms. The summed E-state index contributed by atoms with van der Waals surface area (Å²) in [6, 6.07) is 4.22. The maximum atomic E-state index is 14.5. The van der Waals surface area contributed by atoms with Gasteiger partial charge in [0.05, 0.1) is 12.4 Å². The third-order valence-electron chi connectivity index (χ3n) is 4.27. The summed E-state index contributed by atoms with van der Waals surface area (Å²) in [7, 11) is 0.349. The van der Waals surface area contributed by atoms with Gasteiger partial charge in [-0.2, -0.15) is 0 Å². The van der Waals surface area contributed by atoms with E-state index in [0.717, 1.165) is 0 Å². The maximum absolute atomic E-state index is 14.5. The fourth-order valence-corrected chi connectivity index (χ4v) is 3.67. The minimum atomic E-state index is -1.26. The number of carbonyl (C=O) groups is 1. The lowest BCUT2D eigenvalue weighted by molar-refractivity contribution is 0.102. The quantitative estimate of drug-likeness (QED) is 0.747. The molecule has 3 rings (SSSR count). The molecular formula is C18H19FN6O2S2. The molecule has 2 atom stereocenters. The fraction of sp³-hybridized carbons (Fsp3) is 0.222. The molecule has 1 aromatic carbocycles. The monoisotopic (exact) mass is 434 g/mol. The van der Waals surface area contributed by atoms with E-state index in [4.69, 9.17) is 5.73 Å². The van der Waals surface area contributed by atoms with Crippen molar-refractivity contribution in [3.8, 4) is 0 Å². The van der Waals surface area contributed by atoms with E-state index in [9.17, 15) is 13.4 Å². The van der Waals surface area contributed by atoms with Crippen LogP contribution >= 0.6 is 11.8 Å². The van der Waals surface area contributed by atoms with Crippen LogP contribution in [0.5, 0.6) is 0 Å². The van der Waals surface area contributed by atoms with Crippen LogP contribution in [0.1, 0.15) is 23.0 Å². The number of hydrogen-bond donors (Lipinski definition) is 2. The second-order valence-electron chi connectivity index (χ2n) is 6.35. The molecule has 1 aliphatic rings. The first-order valence-electron chi connectivity index (χ1n) is 8.40. The Bertz CT molecular complexity index is 1030. The second kappa shape index (κ2) is 8.29. The van der Waals surface area contributed by atoms with Crippen molar-refractivity contribution in [2.75, 3.05) is 22.9 Å². The fourth-order valence-electron chi connectivity index (χ4n) is 2.60. The smallest absolute Gasteiger partial charge is 0.275 e. The molecule has 11 heteroatoms. The summed E-state index contributed by atoms with van der Waals surface area (Å²) in [5.41, 5.74) is 5.53. The number of aromatic nitrogens is 2. The van der Waals surface area contributed by atoms with Gasteiger partial charge < -0.3 is 11.1 Å². The first kappa shape index (κ1) is 20.9. The summed E-state index contributed by atoms with van der Waals surface area (Å²) in [6.07, 6.45) is 5.89. The number of aliphatic imine (C=N–C) groups is 1. The van der Waals surface area contributed by atoms with Crippen molar-refractivity contribution in [1.82, 2.24) is 9.97 Å². The molecule has 0 aliphatic carbocycles. The van der Waals surface area contributed by atoms with Crippen molar-refractivity contribution in [2.24, 2.45) is 10.7 Å². The highest BCUT2D eigenvalue weighted by atomic mass is 32.2. The van der Waals surface area contributed by atoms with E-state index in [0.29, 0.717) is 16.7 Å². The lowest BCUT2D eigenvalue weighted by atomic mass is 9.92. The normalized spacial score (nSPS) is 19.4. The lowest BCUT2D eigenvalue weighted by Crippen LogP contribution is -2.25. The first-order chi connectivity index (χ1) is 13.7. The number of amides is 1. The molecule has 0 radical (unpaired) electrons. The van der Waals surface area contributed by atoms with Crippen molar-refractivity contribution in [2.45, 2.75) is 12.5 Å². The molecule has 0 saturated carbocycles. The van der Waals surface area contributed by atoms with E-state index in [1.54, 1.807) is 25.5 Å². The number of nitrogens with one attached hydrogen (secondary N) is 1. The maximum Gasteiger partial charge on any atom is 0.275 e. The van der Waals surface area contributed by atoms with Crippen molar-refractivity contribution in [3.05, 3.63) is 59.2 Å². The van der Waals surface area contributed by atoms with Crippen molar-refractivity contribution < 1.29 is 13.4 Å². The summed E-state index contributed by atoms with van der Waals surface area (Å²) < 4.78 is 27.4. The first-order valence-corrected chi connectivity index (χ1v) is 10.8. The third-order valence-corrected chi connectivity index (χ3v) is 5.84. The zero-order valence-electron chi connectivity index (χ0n) is 15.9. The number of hydrogen-bond acceptors (Lipinski definition) is 7. The molecule has 2 aromatic rings. The van der Waals surface area contributed by atoms with Crippen LogP contribution in [0, 0.1) is 5.82 Å². The molecule has 8 nitrogen and oxygen atoms in total. The zero-order chi connectivity index (χ0) is 21.2. The van der Waals surface area contributed by atoms with E-state index in [-0.39, 0.29) is 11.3 Å². The molecule has 1 aliphatic heterocycles. The Balaban J connectivity index is 1.82. The third kappa shape index (κ3) is 4.62. The Morgan fingerprint density at radius 1 is 1.34 bits per heavy atom. The summed E-state index contributed by atoms with van der Waals surface area (Å²) in [6.45, 7) is 1.73. The van der Waals surface area contributed by atoms with Gasteiger partial charge in [-0.1, -0.05) is 11.8 Å². The van der Waals surface area contributed by atoms with Gasteiger partial charge in [-0.25, -0.2) is 23.6 Å². The SMILES string of the molecule is CN(c1cnc(C(=O)Nc2ccc(F)c([C@]3(C)C=CSC(N)=N3)c2)cn1)S(C)=O. The average Bonchev–Trinajstić information content (AvgIpc) is 2.68. The van der Waals surface area contributed by atoms with E-state index in [1.807, 2.05) is 0 Å². The number of halogens is 1. The van der Waals surface area contributed by atoms with E-state index in [2.05, 4.69) is 20.3 Å². The zero-order valence-corrected chi connectivity index (χ0v) is 17.6. The largest absolute Gasteiger partial charge is 0.378 e. The highest BCUT2D eigenvalue weighted by molar-refractivity contribution is 8.16. The van der Waals surface area contributed by atoms with Gasteiger partial charge in [0.1, 0.15) is 28.0 Å². The number of benzene rings is 1. The molecule has 29 heavy (non-hydrogen) atoms. The van der Waals surface area contributed by atoms with Gasteiger partial charge in [0.2, 0.25) is 0 Å². The molecule has 1 amide bonds. The number of nitrogens with zero attached hydrogens (tertiary/aromatic N) is 4. The van der Waals surface area contributed by atoms with Gasteiger partial charge in [0, 0.05) is 24.6 Å². The second-order valence-corrected chi connectivity index (χ2v) is 8.67. The summed E-state index contributed by atoms with van der Waals surface area (Å²) in [4.78, 5) is 25.0. The molecule has 1 aromatic heterocycles. The van der Waals surface area contributed by atoms with Gasteiger partial charge in [0.25, 0.3) is 5.91 Å². The summed E-state index contributed by atoms with van der Waals surface area (Å²) in [5, 5.41) is 4.76. The minimum Gasteiger partial charge on any atom is -0.378 e. The van der Waals surface area contributed by atoms with Gasteiger partial charge >= 0.3 is 0 Å². The number of carbonyl (C=O) groups excluding carboxylic acids is 1. The molecule has 0 saturated heterocycles. The van der Waals surface area contributed by atoms with E-state index < -0.39 is 28.2 Å². The average molecular weight is 435 g/mol. The highest BCUT2D eigenvalue weighted by Gasteiger charge is 2.29.